The molecule has 1 aliphatic heterocycles. The second-order valence-corrected chi connectivity index (χ2v) is 82.7. The summed E-state index contributed by atoms with van der Waals surface area (Å²) in [5.41, 5.74) is 1.07. The highest BCUT2D eigenvalue weighted by atomic mass is 35.5. The second kappa shape index (κ2) is 4.55. The SMILES string of the molecule is C[Si]1(C)[Si](C)(C)[Si](C)(C)[Si](C)(CCl)[Si](C)(C)[Si]1(C)C. The van der Waals surface area contributed by atoms with Crippen molar-refractivity contribution in [3.05, 3.63) is 0 Å². The Bertz CT molecular complexity index is 356. The van der Waals surface area contributed by atoms with E-state index in [-0.39, 0.29) is 0 Å². The van der Waals surface area contributed by atoms with Gasteiger partial charge in [-0.25, -0.2) is 0 Å². The van der Waals surface area contributed by atoms with Crippen molar-refractivity contribution in [2.75, 3.05) is 5.50 Å². The lowest BCUT2D eigenvalue weighted by Crippen LogP contribution is -3.01. The monoisotopic (exact) mass is 382 g/mol. The van der Waals surface area contributed by atoms with Crippen LogP contribution in [0.15, 0.2) is 0 Å². The van der Waals surface area contributed by atoms with Gasteiger partial charge in [-0.2, -0.15) is 0 Å². The van der Waals surface area contributed by atoms with E-state index in [2.05, 4.69) is 72.0 Å². The lowest BCUT2D eigenvalue weighted by atomic mass is 11.9. The zero-order valence-corrected chi connectivity index (χ0v) is 21.8. The predicted octanol–water partition coefficient (Wildman–Crippen LogP) is 4.87. The van der Waals surface area contributed by atoms with Gasteiger partial charge in [0.2, 0.25) is 0 Å². The number of halogens is 1. The predicted molar refractivity (Wildman–Crippen MR) is 110 cm³/mol. The molecule has 0 aromatic heterocycles. The Morgan fingerprint density at radius 1 is 0.474 bits per heavy atom. The van der Waals surface area contributed by atoms with Gasteiger partial charge in [0, 0.05) is 41.0 Å². The molecule has 0 amide bonds. The van der Waals surface area contributed by atoms with Crippen molar-refractivity contribution in [3.63, 3.8) is 0 Å². The van der Waals surface area contributed by atoms with Crippen LogP contribution in [0.5, 0.6) is 0 Å². The van der Waals surface area contributed by atoms with Gasteiger partial charge in [-0.05, 0) is 0 Å². The van der Waals surface area contributed by atoms with Gasteiger partial charge in [0.15, 0.2) is 0 Å². The fourth-order valence-electron chi connectivity index (χ4n) is 4.84. The summed E-state index contributed by atoms with van der Waals surface area (Å²) in [7, 11) is -6.67. The third-order valence-electron chi connectivity index (χ3n) is 9.28. The average Bonchev–Trinajstić information content (AvgIpc) is 2.24. The summed E-state index contributed by atoms with van der Waals surface area (Å²) in [5, 5.41) is 0. The van der Waals surface area contributed by atoms with Gasteiger partial charge in [0.05, 0.1) is 7.11 Å². The zero-order chi connectivity index (χ0) is 15.7. The van der Waals surface area contributed by atoms with Crippen LogP contribution in [0.3, 0.4) is 0 Å². The van der Waals surface area contributed by atoms with E-state index < -0.39 is 42.7 Å². The van der Waals surface area contributed by atoms with Crippen molar-refractivity contribution in [2.24, 2.45) is 0 Å². The van der Waals surface area contributed by atoms with E-state index in [4.69, 9.17) is 11.6 Å². The summed E-state index contributed by atoms with van der Waals surface area (Å²) < 4.78 is 0. The van der Waals surface area contributed by atoms with Crippen LogP contribution in [-0.4, -0.2) is 48.2 Å². The van der Waals surface area contributed by atoms with E-state index in [1.54, 1.807) is 0 Å². The number of hydrogen-bond acceptors (Lipinski definition) is 0. The first-order valence-electron chi connectivity index (χ1n) is 7.62. The Morgan fingerprint density at radius 2 is 0.684 bits per heavy atom. The van der Waals surface area contributed by atoms with Crippen molar-refractivity contribution in [1.29, 1.82) is 0 Å². The largest absolute Gasteiger partial charge is 0.131 e. The highest BCUT2D eigenvalue weighted by Crippen LogP contribution is 2.51. The molecule has 0 aromatic carbocycles. The normalized spacial score (nSPS) is 32.8. The van der Waals surface area contributed by atoms with Gasteiger partial charge >= 0.3 is 0 Å². The van der Waals surface area contributed by atoms with Crippen molar-refractivity contribution >= 4 is 54.3 Å². The summed E-state index contributed by atoms with van der Waals surface area (Å²) in [6.07, 6.45) is 0. The molecule has 1 aliphatic rings. The van der Waals surface area contributed by atoms with E-state index in [1.807, 2.05) is 0 Å². The Hall–Kier alpha value is 1.59. The third kappa shape index (κ3) is 1.77. The minimum Gasteiger partial charge on any atom is -0.131 e. The van der Waals surface area contributed by atoms with Gasteiger partial charge < -0.3 is 0 Å². The van der Waals surface area contributed by atoms with Crippen molar-refractivity contribution < 1.29 is 0 Å². The average molecular weight is 383 g/mol. The summed E-state index contributed by atoms with van der Waals surface area (Å²) in [6, 6.07) is 0. The van der Waals surface area contributed by atoms with Crippen LogP contribution in [-0.2, 0) is 0 Å². The first-order chi connectivity index (χ1) is 8.06. The molecule has 0 saturated carbocycles. The molecule has 1 fully saturated rings. The molecule has 0 aliphatic carbocycles. The van der Waals surface area contributed by atoms with Crippen LogP contribution in [0.4, 0.5) is 0 Å². The lowest BCUT2D eigenvalue weighted by molar-refractivity contribution is 1.70. The van der Waals surface area contributed by atoms with Crippen LogP contribution >= 0.6 is 11.6 Å². The molecule has 1 saturated heterocycles. The maximum absolute atomic E-state index is 6.73. The van der Waals surface area contributed by atoms with Crippen molar-refractivity contribution in [2.45, 2.75) is 72.0 Å². The van der Waals surface area contributed by atoms with E-state index >= 15 is 0 Å². The molecule has 7 heteroatoms. The van der Waals surface area contributed by atoms with E-state index in [0.717, 1.165) is 5.50 Å². The van der Waals surface area contributed by atoms with Gasteiger partial charge in [0.1, 0.15) is 0 Å². The molecule has 0 aromatic rings. The van der Waals surface area contributed by atoms with Crippen LogP contribution in [0, 0.1) is 0 Å². The smallest absolute Gasteiger partial charge is 0.0507 e. The zero-order valence-electron chi connectivity index (χ0n) is 15.1. The minimum atomic E-state index is -1.22. The fraction of sp³-hybridized carbons (Fsp3) is 1.00. The molecular formula is C12H35ClSi6. The quantitative estimate of drug-likeness (QED) is 0.448. The topological polar surface area (TPSA) is 0 Å². The van der Waals surface area contributed by atoms with Gasteiger partial charge in [-0.3, -0.25) is 0 Å². The molecule has 19 heavy (non-hydrogen) atoms. The van der Waals surface area contributed by atoms with Gasteiger partial charge in [0.25, 0.3) is 0 Å². The van der Waals surface area contributed by atoms with E-state index in [9.17, 15) is 0 Å². The molecule has 0 spiro atoms. The number of alkyl halides is 1. The highest BCUT2D eigenvalue weighted by Gasteiger charge is 2.76. The van der Waals surface area contributed by atoms with E-state index in [0.29, 0.717) is 0 Å². The standard InChI is InChI=1S/C12H35ClSi6/c1-14(2)15(3,4)17(7,8)19(11,12-13)18(9,10)16(14,5)6/h12H2,1-11H3. The Morgan fingerprint density at radius 3 is 0.895 bits per heavy atom. The van der Waals surface area contributed by atoms with Gasteiger partial charge in [-0.1, -0.05) is 72.0 Å². The van der Waals surface area contributed by atoms with Crippen LogP contribution in [0.1, 0.15) is 0 Å². The first kappa shape index (κ1) is 18.6. The fourth-order valence-corrected chi connectivity index (χ4v) is 254. The molecule has 1 heterocycles. The highest BCUT2D eigenvalue weighted by molar-refractivity contribution is 8.13. The molecule has 0 radical (unpaired) electrons. The third-order valence-corrected chi connectivity index (χ3v) is 166. The number of rotatable bonds is 1. The molecule has 0 N–H and O–H groups in total. The Labute approximate surface area is 131 Å². The summed E-state index contributed by atoms with van der Waals surface area (Å²) >= 11 is 6.73. The van der Waals surface area contributed by atoms with Crippen LogP contribution < -0.4 is 0 Å². The lowest BCUT2D eigenvalue weighted by Gasteiger charge is -2.73. The summed E-state index contributed by atoms with van der Waals surface area (Å²) in [5.74, 6) is 0. The van der Waals surface area contributed by atoms with Gasteiger partial charge in [-0.15, -0.1) is 11.6 Å². The van der Waals surface area contributed by atoms with Crippen molar-refractivity contribution in [3.8, 4) is 0 Å². The maximum Gasteiger partial charge on any atom is 0.0507 e. The first-order valence-corrected chi connectivity index (χ1v) is 31.9. The summed E-state index contributed by atoms with van der Waals surface area (Å²) in [4.78, 5) is 0. The molecule has 0 atom stereocenters. The van der Waals surface area contributed by atoms with E-state index in [1.165, 1.54) is 0 Å². The second-order valence-electron chi connectivity index (χ2n) is 9.59. The molecule has 114 valence electrons. The van der Waals surface area contributed by atoms with Crippen LogP contribution in [0.2, 0.25) is 72.0 Å². The molecular weight excluding hydrogens is 348 g/mol. The Balaban J connectivity index is 3.76. The number of hydrogen-bond donors (Lipinski definition) is 0. The van der Waals surface area contributed by atoms with Crippen molar-refractivity contribution in [1.82, 2.24) is 0 Å². The van der Waals surface area contributed by atoms with Crippen LogP contribution in [0.25, 0.3) is 0 Å². The minimum absolute atomic E-state index is 1.04. The molecule has 0 bridgehead atoms. The maximum atomic E-state index is 6.73. The molecule has 0 unspecified atom stereocenters. The summed E-state index contributed by atoms with van der Waals surface area (Å²) in [6.45, 7) is 30.6. The molecule has 1 rings (SSSR count). The molecule has 0 nitrogen and oxygen atoms in total. The Kier molecular flexibility index (Phi) is 4.46.